The van der Waals surface area contributed by atoms with Crippen molar-refractivity contribution < 1.29 is 29.4 Å². The molecule has 0 bridgehead atoms. The second-order valence-corrected chi connectivity index (χ2v) is 6.35. The van der Waals surface area contributed by atoms with Crippen LogP contribution in [0.5, 0.6) is 0 Å². The molecular weight excluding hydrogens is 364 g/mol. The Morgan fingerprint density at radius 1 is 1.00 bits per heavy atom. The van der Waals surface area contributed by atoms with Gasteiger partial charge in [-0.3, -0.25) is 14.4 Å². The van der Waals surface area contributed by atoms with E-state index < -0.39 is 54.5 Å². The largest absolute Gasteiger partial charge is 0.480 e. The number of hydrogen-bond acceptors (Lipinski definition) is 7. The van der Waals surface area contributed by atoms with Gasteiger partial charge in [-0.2, -0.15) is 12.6 Å². The molecule has 0 aromatic heterocycles. The highest BCUT2D eigenvalue weighted by Crippen LogP contribution is 2.08. The summed E-state index contributed by atoms with van der Waals surface area (Å²) in [5.41, 5.74) is 5.38. The molecule has 0 spiro atoms. The van der Waals surface area contributed by atoms with Crippen LogP contribution in [0.2, 0.25) is 0 Å². The van der Waals surface area contributed by atoms with Gasteiger partial charge in [0.2, 0.25) is 17.7 Å². The van der Waals surface area contributed by atoms with Crippen molar-refractivity contribution in [3.8, 4) is 0 Å². The van der Waals surface area contributed by atoms with Crippen molar-refractivity contribution in [1.29, 1.82) is 0 Å². The number of carbonyl (C=O) groups is 4. The third-order valence-corrected chi connectivity index (χ3v) is 4.19. The van der Waals surface area contributed by atoms with Gasteiger partial charge in [0.15, 0.2) is 0 Å². The molecule has 0 rings (SSSR count). The number of aliphatic hydroxyl groups excluding tert-OH is 1. The second-order valence-electron chi connectivity index (χ2n) is 5.99. The molecule has 150 valence electrons. The Balaban J connectivity index is 4.99. The van der Waals surface area contributed by atoms with Crippen molar-refractivity contribution in [1.82, 2.24) is 16.0 Å². The fourth-order valence-corrected chi connectivity index (χ4v) is 2.16. The summed E-state index contributed by atoms with van der Waals surface area (Å²) in [5, 5.41) is 25.4. The summed E-state index contributed by atoms with van der Waals surface area (Å²) < 4.78 is 0. The molecule has 5 unspecified atom stereocenters. The zero-order chi connectivity index (χ0) is 20.4. The summed E-state index contributed by atoms with van der Waals surface area (Å²) in [6.07, 6.45) is 0.533. The normalized spacial score (nSPS) is 16.5. The van der Waals surface area contributed by atoms with Crippen molar-refractivity contribution in [2.75, 3.05) is 12.4 Å². The Morgan fingerprint density at radius 2 is 1.50 bits per heavy atom. The van der Waals surface area contributed by atoms with Crippen LogP contribution in [0.25, 0.3) is 0 Å². The Bertz CT molecular complexity index is 516. The van der Waals surface area contributed by atoms with Crippen LogP contribution < -0.4 is 21.7 Å². The van der Waals surface area contributed by atoms with Crippen molar-refractivity contribution in [2.24, 2.45) is 11.7 Å². The third-order valence-electron chi connectivity index (χ3n) is 3.82. The zero-order valence-electron chi connectivity index (χ0n) is 15.1. The number of aliphatic hydroxyl groups is 1. The topological polar surface area (TPSA) is 171 Å². The van der Waals surface area contributed by atoms with Crippen molar-refractivity contribution in [2.45, 2.75) is 51.4 Å². The van der Waals surface area contributed by atoms with Crippen LogP contribution in [-0.2, 0) is 19.2 Å². The molecule has 7 N–H and O–H groups in total. The van der Waals surface area contributed by atoms with E-state index in [2.05, 4.69) is 28.6 Å². The molecule has 0 aliphatic rings. The van der Waals surface area contributed by atoms with E-state index in [-0.39, 0.29) is 11.7 Å². The number of carboxylic acids is 1. The summed E-state index contributed by atoms with van der Waals surface area (Å²) in [7, 11) is 0. The van der Waals surface area contributed by atoms with E-state index in [0.717, 1.165) is 0 Å². The molecular formula is C15H28N4O6S. The molecule has 0 radical (unpaired) electrons. The highest BCUT2D eigenvalue weighted by Gasteiger charge is 2.30. The number of nitrogens with one attached hydrogen (secondary N) is 3. The number of aliphatic carboxylic acids is 1. The molecule has 5 atom stereocenters. The zero-order valence-corrected chi connectivity index (χ0v) is 16.0. The Morgan fingerprint density at radius 3 is 1.88 bits per heavy atom. The number of rotatable bonds is 11. The van der Waals surface area contributed by atoms with E-state index >= 15 is 0 Å². The molecule has 0 fully saturated rings. The van der Waals surface area contributed by atoms with E-state index in [0.29, 0.717) is 6.42 Å². The number of hydrogen-bond donors (Lipinski definition) is 7. The molecule has 0 aromatic rings. The monoisotopic (exact) mass is 392 g/mol. The van der Waals surface area contributed by atoms with Crippen LogP contribution in [0.3, 0.4) is 0 Å². The predicted molar refractivity (Wildman–Crippen MR) is 97.5 cm³/mol. The summed E-state index contributed by atoms with van der Waals surface area (Å²) in [5.74, 6) is -3.79. The number of amides is 3. The first-order valence-corrected chi connectivity index (χ1v) is 8.83. The van der Waals surface area contributed by atoms with Crippen molar-refractivity contribution in [3.63, 3.8) is 0 Å². The predicted octanol–water partition coefficient (Wildman–Crippen LogP) is -2.16. The molecule has 0 saturated heterocycles. The Hall–Kier alpha value is -1.85. The average Bonchev–Trinajstić information content (AvgIpc) is 2.60. The number of thiol groups is 1. The van der Waals surface area contributed by atoms with Crippen LogP contribution in [0, 0.1) is 5.92 Å². The lowest BCUT2D eigenvalue weighted by molar-refractivity contribution is -0.143. The summed E-state index contributed by atoms with van der Waals surface area (Å²) in [4.78, 5) is 47.3. The molecule has 0 heterocycles. The van der Waals surface area contributed by atoms with E-state index in [1.54, 1.807) is 13.8 Å². The molecule has 3 amide bonds. The van der Waals surface area contributed by atoms with Gasteiger partial charge in [-0.05, 0) is 12.8 Å². The van der Waals surface area contributed by atoms with Crippen LogP contribution in [0.1, 0.15) is 27.2 Å². The molecule has 26 heavy (non-hydrogen) atoms. The first-order chi connectivity index (χ1) is 12.1. The summed E-state index contributed by atoms with van der Waals surface area (Å²) in [6.45, 7) is 4.18. The van der Waals surface area contributed by atoms with Crippen molar-refractivity contribution in [3.05, 3.63) is 0 Å². The van der Waals surface area contributed by atoms with Gasteiger partial charge in [-0.1, -0.05) is 20.3 Å². The maximum atomic E-state index is 12.3. The molecule has 0 aliphatic carbocycles. The minimum absolute atomic E-state index is 0.107. The highest BCUT2D eigenvalue weighted by atomic mass is 32.1. The second kappa shape index (κ2) is 11.7. The van der Waals surface area contributed by atoms with Crippen LogP contribution in [-0.4, -0.2) is 70.4 Å². The average molecular weight is 392 g/mol. The van der Waals surface area contributed by atoms with E-state index in [1.165, 1.54) is 6.92 Å². The molecule has 11 heteroatoms. The maximum Gasteiger partial charge on any atom is 0.326 e. The van der Waals surface area contributed by atoms with Gasteiger partial charge < -0.3 is 31.9 Å². The molecule has 0 aromatic carbocycles. The quantitative estimate of drug-likeness (QED) is 0.196. The lowest BCUT2D eigenvalue weighted by Crippen LogP contribution is -2.58. The number of nitrogens with two attached hydrogens (primary N) is 1. The number of carbonyl (C=O) groups excluding carboxylic acids is 3. The number of carboxylic acid groups (broad SMARTS) is 1. The SMILES string of the molecule is CCC(C)C(NC(=O)C(CS)NC(=O)C(CO)NC(=O)C(C)N)C(=O)O. The van der Waals surface area contributed by atoms with E-state index in [4.69, 9.17) is 5.73 Å². The van der Waals surface area contributed by atoms with Crippen molar-refractivity contribution >= 4 is 36.3 Å². The van der Waals surface area contributed by atoms with Gasteiger partial charge >= 0.3 is 5.97 Å². The maximum absolute atomic E-state index is 12.3. The Labute approximate surface area is 157 Å². The van der Waals surface area contributed by atoms with Gasteiger partial charge in [0.25, 0.3) is 0 Å². The van der Waals surface area contributed by atoms with E-state index in [9.17, 15) is 29.4 Å². The smallest absolute Gasteiger partial charge is 0.326 e. The lowest BCUT2D eigenvalue weighted by atomic mass is 9.99. The first-order valence-electron chi connectivity index (χ1n) is 8.20. The lowest BCUT2D eigenvalue weighted by Gasteiger charge is -2.25. The minimum atomic E-state index is -1.30. The fraction of sp³-hybridized carbons (Fsp3) is 0.733. The van der Waals surface area contributed by atoms with Gasteiger partial charge in [0, 0.05) is 5.75 Å². The minimum Gasteiger partial charge on any atom is -0.480 e. The highest BCUT2D eigenvalue weighted by molar-refractivity contribution is 7.80. The summed E-state index contributed by atoms with van der Waals surface area (Å²) >= 11 is 3.99. The fourth-order valence-electron chi connectivity index (χ4n) is 1.90. The van der Waals surface area contributed by atoms with Crippen LogP contribution in [0.15, 0.2) is 0 Å². The first kappa shape index (κ1) is 24.1. The third kappa shape index (κ3) is 7.58. The molecule has 0 saturated carbocycles. The standard InChI is InChI=1S/C15H28N4O6S/c1-4-7(2)11(15(24)25)19-14(23)10(6-26)18-13(22)9(5-20)17-12(21)8(3)16/h7-11,20,26H,4-6,16H2,1-3H3,(H,17,21)(H,18,22)(H,19,23)(H,24,25). The molecule has 0 aliphatic heterocycles. The van der Waals surface area contributed by atoms with Gasteiger partial charge in [-0.15, -0.1) is 0 Å². The van der Waals surface area contributed by atoms with Gasteiger partial charge in [0.1, 0.15) is 18.1 Å². The summed E-state index contributed by atoms with van der Waals surface area (Å²) in [6, 6.07) is -4.43. The Kier molecular flexibility index (Phi) is 10.9. The van der Waals surface area contributed by atoms with E-state index in [1.807, 2.05) is 0 Å². The molecule has 10 nitrogen and oxygen atoms in total. The van der Waals surface area contributed by atoms with Crippen LogP contribution >= 0.6 is 12.6 Å². The van der Waals surface area contributed by atoms with Gasteiger partial charge in [0.05, 0.1) is 12.6 Å². The van der Waals surface area contributed by atoms with Crippen LogP contribution in [0.4, 0.5) is 0 Å². The van der Waals surface area contributed by atoms with Gasteiger partial charge in [-0.25, -0.2) is 4.79 Å².